The van der Waals surface area contributed by atoms with E-state index in [9.17, 15) is 13.2 Å². The van der Waals surface area contributed by atoms with E-state index < -0.39 is 12.7 Å². The molecule has 1 aromatic rings. The molecule has 21 heavy (non-hydrogen) atoms. The Balaban J connectivity index is 1.78. The lowest BCUT2D eigenvalue weighted by Gasteiger charge is -2.20. The standard InChI is InChI=1S/C16H23F3N2/c1-12-5-3-4-6-15(12)13(2)20-9-14-7-8-21(10-14)11-16(17,18)19/h3-6,13-14,20H,7-11H2,1-2H3. The highest BCUT2D eigenvalue weighted by molar-refractivity contribution is 5.28. The van der Waals surface area contributed by atoms with Crippen LogP contribution in [-0.2, 0) is 0 Å². The fourth-order valence-corrected chi connectivity index (χ4v) is 3.00. The third-order valence-corrected chi connectivity index (χ3v) is 4.14. The van der Waals surface area contributed by atoms with Crippen LogP contribution in [0.4, 0.5) is 13.2 Å². The molecule has 1 aliphatic rings. The van der Waals surface area contributed by atoms with Crippen LogP contribution in [0.25, 0.3) is 0 Å². The summed E-state index contributed by atoms with van der Waals surface area (Å²) in [7, 11) is 0. The van der Waals surface area contributed by atoms with Gasteiger partial charge in [-0.3, -0.25) is 4.90 Å². The summed E-state index contributed by atoms with van der Waals surface area (Å²) in [6.45, 7) is 5.25. The summed E-state index contributed by atoms with van der Waals surface area (Å²) in [5.74, 6) is 0.304. The maximum atomic E-state index is 12.4. The topological polar surface area (TPSA) is 15.3 Å². The van der Waals surface area contributed by atoms with Gasteiger partial charge in [-0.1, -0.05) is 24.3 Å². The molecule has 0 amide bonds. The zero-order chi connectivity index (χ0) is 15.5. The summed E-state index contributed by atoms with van der Waals surface area (Å²) in [5, 5.41) is 3.46. The van der Waals surface area contributed by atoms with Gasteiger partial charge in [-0.2, -0.15) is 13.2 Å². The Kier molecular flexibility index (Phi) is 5.27. The molecule has 1 aromatic carbocycles. The van der Waals surface area contributed by atoms with Crippen LogP contribution in [0.2, 0.25) is 0 Å². The predicted molar refractivity (Wildman–Crippen MR) is 78.2 cm³/mol. The lowest BCUT2D eigenvalue weighted by Crippen LogP contribution is -2.34. The summed E-state index contributed by atoms with van der Waals surface area (Å²) < 4.78 is 37.1. The maximum Gasteiger partial charge on any atom is 0.401 e. The van der Waals surface area contributed by atoms with Crippen LogP contribution in [-0.4, -0.2) is 37.3 Å². The van der Waals surface area contributed by atoms with Gasteiger partial charge in [0.2, 0.25) is 0 Å². The molecule has 0 radical (unpaired) electrons. The van der Waals surface area contributed by atoms with E-state index in [2.05, 4.69) is 31.3 Å². The van der Waals surface area contributed by atoms with E-state index in [0.29, 0.717) is 19.0 Å². The highest BCUT2D eigenvalue weighted by Gasteiger charge is 2.34. The van der Waals surface area contributed by atoms with Gasteiger partial charge in [-0.05, 0) is 50.4 Å². The van der Waals surface area contributed by atoms with E-state index in [1.54, 1.807) is 0 Å². The van der Waals surface area contributed by atoms with E-state index in [4.69, 9.17) is 0 Å². The van der Waals surface area contributed by atoms with E-state index in [1.807, 2.05) is 12.1 Å². The molecule has 0 bridgehead atoms. The molecule has 0 saturated carbocycles. The van der Waals surface area contributed by atoms with Crippen molar-refractivity contribution in [3.05, 3.63) is 35.4 Å². The highest BCUT2D eigenvalue weighted by Crippen LogP contribution is 2.23. The van der Waals surface area contributed by atoms with Gasteiger partial charge in [0.15, 0.2) is 0 Å². The van der Waals surface area contributed by atoms with E-state index in [1.165, 1.54) is 16.0 Å². The molecule has 1 heterocycles. The fourth-order valence-electron chi connectivity index (χ4n) is 3.00. The van der Waals surface area contributed by atoms with Crippen LogP contribution >= 0.6 is 0 Å². The Morgan fingerprint density at radius 3 is 2.71 bits per heavy atom. The number of benzene rings is 1. The Bertz CT molecular complexity index is 459. The predicted octanol–water partition coefficient (Wildman–Crippen LogP) is 3.53. The number of nitrogens with zero attached hydrogens (tertiary/aromatic N) is 1. The molecule has 1 aliphatic heterocycles. The number of hydrogen-bond donors (Lipinski definition) is 1. The van der Waals surface area contributed by atoms with Gasteiger partial charge in [0.1, 0.15) is 0 Å². The lowest BCUT2D eigenvalue weighted by molar-refractivity contribution is -0.143. The zero-order valence-electron chi connectivity index (χ0n) is 12.6. The van der Waals surface area contributed by atoms with Gasteiger partial charge >= 0.3 is 6.18 Å². The SMILES string of the molecule is Cc1ccccc1C(C)NCC1CCN(CC(F)(F)F)C1. The maximum absolute atomic E-state index is 12.4. The molecule has 1 N–H and O–H groups in total. The first kappa shape index (κ1) is 16.3. The Morgan fingerprint density at radius 2 is 2.05 bits per heavy atom. The van der Waals surface area contributed by atoms with Crippen molar-refractivity contribution in [3.63, 3.8) is 0 Å². The second-order valence-electron chi connectivity index (χ2n) is 5.99. The summed E-state index contributed by atoms with van der Waals surface area (Å²) in [6.07, 6.45) is -3.25. The van der Waals surface area contributed by atoms with Gasteiger partial charge in [0.25, 0.3) is 0 Å². The van der Waals surface area contributed by atoms with Crippen molar-refractivity contribution in [2.75, 3.05) is 26.2 Å². The minimum Gasteiger partial charge on any atom is -0.310 e. The molecule has 2 rings (SSSR count). The van der Waals surface area contributed by atoms with Crippen LogP contribution in [0.15, 0.2) is 24.3 Å². The lowest BCUT2D eigenvalue weighted by atomic mass is 10.0. The minimum atomic E-state index is -4.09. The summed E-state index contributed by atoms with van der Waals surface area (Å²) >= 11 is 0. The third kappa shape index (κ3) is 5.00. The summed E-state index contributed by atoms with van der Waals surface area (Å²) in [6, 6.07) is 8.42. The van der Waals surface area contributed by atoms with Gasteiger partial charge in [-0.25, -0.2) is 0 Å². The first-order chi connectivity index (χ1) is 9.85. The van der Waals surface area contributed by atoms with Gasteiger partial charge in [0.05, 0.1) is 6.54 Å². The molecule has 1 fully saturated rings. The zero-order valence-corrected chi connectivity index (χ0v) is 12.6. The monoisotopic (exact) mass is 300 g/mol. The number of hydrogen-bond acceptors (Lipinski definition) is 2. The van der Waals surface area contributed by atoms with Crippen LogP contribution in [0.1, 0.15) is 30.5 Å². The molecule has 5 heteroatoms. The largest absolute Gasteiger partial charge is 0.401 e. The van der Waals surface area contributed by atoms with Crippen LogP contribution in [0.5, 0.6) is 0 Å². The first-order valence-corrected chi connectivity index (χ1v) is 7.43. The number of nitrogens with one attached hydrogen (secondary N) is 1. The van der Waals surface area contributed by atoms with Crippen molar-refractivity contribution in [2.45, 2.75) is 32.5 Å². The Labute approximate surface area is 124 Å². The minimum absolute atomic E-state index is 0.225. The molecule has 2 atom stereocenters. The number of aryl methyl sites for hydroxylation is 1. The summed E-state index contributed by atoms with van der Waals surface area (Å²) in [4.78, 5) is 1.50. The number of likely N-dealkylation sites (tertiary alicyclic amines) is 1. The van der Waals surface area contributed by atoms with Crippen molar-refractivity contribution in [3.8, 4) is 0 Å². The number of halogens is 3. The van der Waals surface area contributed by atoms with Crippen LogP contribution < -0.4 is 5.32 Å². The van der Waals surface area contributed by atoms with Crippen molar-refractivity contribution in [2.24, 2.45) is 5.92 Å². The second kappa shape index (κ2) is 6.79. The molecule has 2 unspecified atom stereocenters. The number of rotatable bonds is 5. The van der Waals surface area contributed by atoms with Crippen LogP contribution in [0, 0.1) is 12.8 Å². The van der Waals surface area contributed by atoms with E-state index in [0.717, 1.165) is 13.0 Å². The van der Waals surface area contributed by atoms with E-state index in [-0.39, 0.29) is 6.04 Å². The van der Waals surface area contributed by atoms with E-state index >= 15 is 0 Å². The molecule has 0 aromatic heterocycles. The highest BCUT2D eigenvalue weighted by atomic mass is 19.4. The average Bonchev–Trinajstić information content (AvgIpc) is 2.82. The molecule has 1 saturated heterocycles. The molecular weight excluding hydrogens is 277 g/mol. The van der Waals surface area contributed by atoms with Crippen molar-refractivity contribution >= 4 is 0 Å². The summed E-state index contributed by atoms with van der Waals surface area (Å²) in [5.41, 5.74) is 2.49. The van der Waals surface area contributed by atoms with Crippen molar-refractivity contribution < 1.29 is 13.2 Å². The average molecular weight is 300 g/mol. The normalized spacial score (nSPS) is 21.7. The van der Waals surface area contributed by atoms with Gasteiger partial charge in [0, 0.05) is 12.6 Å². The van der Waals surface area contributed by atoms with Crippen molar-refractivity contribution in [1.82, 2.24) is 10.2 Å². The van der Waals surface area contributed by atoms with Crippen LogP contribution in [0.3, 0.4) is 0 Å². The second-order valence-corrected chi connectivity index (χ2v) is 5.99. The Hall–Kier alpha value is -1.07. The molecular formula is C16H23F3N2. The third-order valence-electron chi connectivity index (χ3n) is 4.14. The Morgan fingerprint density at radius 1 is 1.33 bits per heavy atom. The quantitative estimate of drug-likeness (QED) is 0.895. The molecule has 0 spiro atoms. The van der Waals surface area contributed by atoms with Gasteiger partial charge < -0.3 is 5.32 Å². The molecule has 118 valence electrons. The smallest absolute Gasteiger partial charge is 0.310 e. The van der Waals surface area contributed by atoms with Gasteiger partial charge in [-0.15, -0.1) is 0 Å². The fraction of sp³-hybridized carbons (Fsp3) is 0.625. The molecule has 2 nitrogen and oxygen atoms in total. The first-order valence-electron chi connectivity index (χ1n) is 7.43. The van der Waals surface area contributed by atoms with Crippen molar-refractivity contribution in [1.29, 1.82) is 0 Å². The number of alkyl halides is 3. The molecule has 0 aliphatic carbocycles.